The zero-order valence-corrected chi connectivity index (χ0v) is 72.0. The maximum atomic E-state index is 12.9. The number of nitrogens with zero attached hydrogens (tertiary/aromatic N) is 5. The van der Waals surface area contributed by atoms with E-state index in [4.69, 9.17) is 66.3 Å². The highest BCUT2D eigenvalue weighted by atomic mass is 35.5. The molecule has 23 nitrogen and oxygen atoms in total. The minimum absolute atomic E-state index is 0.295. The van der Waals surface area contributed by atoms with Crippen LogP contribution in [-0.4, -0.2) is 65.8 Å². The van der Waals surface area contributed by atoms with Gasteiger partial charge in [-0.2, -0.15) is 0 Å². The second-order valence-electron chi connectivity index (χ2n) is 32.9. The standard InChI is InChI=1S/2C16H16N2O2.2C14H15FN2O.C9H12ClNO.C9H12FNO.C9H13NO.C8H12N2O/c1-16(2,19)11-8-14-13(9-12(11)17)18-15(20-14)10-6-4-3-5-7-10;1-16(2,19)11-8-13-14(9-12(11)17)20-15(18-13)10-6-4-3-5-7-10;1-14(2,18)11-7-13(17-8-12(11)16)9-3-5-10(15)6-4-9;1-14(2,18)13-11(16)7-8-12(17-13)9-3-5-10(15)6-4-9;2*1-9(2,12)7-5-6(10)3-4-8(7)11;1-9(2,11)7-5-3-4-6-8(7)10;1-8(2,11)7-6(9)4-3-5-10-7/h2*3-9,19H,17H2,1-2H3;2*3-8,18H,16H2,1-2H3;2*3-5,12H,11H2,1-2H3;3-6,11H,10H2,1-2H3;3-5,11H,9H2,1-2H3. The molecule has 14 aromatic rings. The summed E-state index contributed by atoms with van der Waals surface area (Å²) in [4.78, 5) is 21.4. The van der Waals surface area contributed by atoms with E-state index in [1.54, 1.807) is 220 Å². The lowest BCUT2D eigenvalue weighted by Crippen LogP contribution is -2.20. The predicted molar refractivity (Wildman–Crippen MR) is 484 cm³/mol. The Hall–Kier alpha value is -12.5. The molecule has 5 heterocycles. The summed E-state index contributed by atoms with van der Waals surface area (Å²) in [6, 6.07) is 63.4. The normalized spacial score (nSPS) is 11.7. The third kappa shape index (κ3) is 27.8. The molecule has 5 aromatic heterocycles. The Balaban J connectivity index is 0.000000194. The Morgan fingerprint density at radius 3 is 1.08 bits per heavy atom. The first-order chi connectivity index (χ1) is 56.5. The molecule has 0 saturated carbocycles. The van der Waals surface area contributed by atoms with Gasteiger partial charge in [0.25, 0.3) is 0 Å². The molecule has 644 valence electrons. The summed E-state index contributed by atoms with van der Waals surface area (Å²) in [5.41, 5.74) is 54.0. The van der Waals surface area contributed by atoms with Crippen molar-refractivity contribution in [2.24, 2.45) is 0 Å². The van der Waals surface area contributed by atoms with Crippen molar-refractivity contribution in [1.82, 2.24) is 24.9 Å². The smallest absolute Gasteiger partial charge is 0.227 e. The summed E-state index contributed by atoms with van der Waals surface area (Å²) >= 11 is 5.76. The molecule has 0 bridgehead atoms. The van der Waals surface area contributed by atoms with Gasteiger partial charge in [-0.15, -0.1) is 0 Å². The number of hydrogen-bond donors (Lipinski definition) is 16. The van der Waals surface area contributed by atoms with Crippen LogP contribution in [0.25, 0.3) is 67.6 Å². The van der Waals surface area contributed by atoms with Crippen molar-refractivity contribution < 1.29 is 62.9 Å². The molecule has 0 aliphatic rings. The zero-order chi connectivity index (χ0) is 91.0. The number of aromatic nitrogens is 5. The van der Waals surface area contributed by atoms with Crippen molar-refractivity contribution in [3.63, 3.8) is 0 Å². The van der Waals surface area contributed by atoms with Crippen LogP contribution in [-0.2, 0) is 44.8 Å². The van der Waals surface area contributed by atoms with Crippen LogP contribution < -0.4 is 45.9 Å². The van der Waals surface area contributed by atoms with Gasteiger partial charge in [0.1, 0.15) is 39.7 Å². The fourth-order valence-electron chi connectivity index (χ4n) is 12.1. The van der Waals surface area contributed by atoms with E-state index in [1.165, 1.54) is 48.7 Å². The van der Waals surface area contributed by atoms with Crippen molar-refractivity contribution in [2.45, 2.75) is 156 Å². The molecule has 0 aliphatic carbocycles. The number of fused-ring (bicyclic) bond motifs is 2. The van der Waals surface area contributed by atoms with E-state index >= 15 is 0 Å². The van der Waals surface area contributed by atoms with Crippen LogP contribution in [0.2, 0.25) is 5.02 Å². The number of aliphatic hydroxyl groups is 8. The number of pyridine rings is 3. The summed E-state index contributed by atoms with van der Waals surface area (Å²) in [6.45, 7) is 26.6. The van der Waals surface area contributed by atoms with Crippen molar-refractivity contribution in [3.05, 3.63) is 304 Å². The van der Waals surface area contributed by atoms with Gasteiger partial charge in [-0.25, -0.2) is 28.1 Å². The molecule has 0 fully saturated rings. The number of nitrogens with two attached hydrogens (primary N) is 8. The number of oxazole rings is 2. The maximum absolute atomic E-state index is 12.9. The van der Waals surface area contributed by atoms with Gasteiger partial charge in [0.15, 0.2) is 11.2 Å². The summed E-state index contributed by atoms with van der Waals surface area (Å²) in [5, 5.41) is 79.1. The molecule has 0 atom stereocenters. The Bertz CT molecular complexity index is 5430. The Kier molecular flexibility index (Phi) is 31.5. The van der Waals surface area contributed by atoms with E-state index in [-0.39, 0.29) is 17.5 Å². The van der Waals surface area contributed by atoms with Gasteiger partial charge >= 0.3 is 0 Å². The maximum Gasteiger partial charge on any atom is 0.227 e. The third-order valence-corrected chi connectivity index (χ3v) is 18.5. The molecular formula is C95H111ClF3N13O10. The molecule has 122 heavy (non-hydrogen) atoms. The van der Waals surface area contributed by atoms with E-state index in [0.717, 1.165) is 27.8 Å². The van der Waals surface area contributed by atoms with Crippen LogP contribution in [0.3, 0.4) is 0 Å². The first-order valence-electron chi connectivity index (χ1n) is 38.5. The van der Waals surface area contributed by atoms with E-state index in [0.29, 0.717) is 135 Å². The van der Waals surface area contributed by atoms with E-state index in [2.05, 4.69) is 24.9 Å². The van der Waals surface area contributed by atoms with Gasteiger partial charge in [-0.05, 0) is 275 Å². The molecule has 0 amide bonds. The van der Waals surface area contributed by atoms with Gasteiger partial charge in [-0.1, -0.05) is 66.2 Å². The first-order valence-corrected chi connectivity index (χ1v) is 38.9. The van der Waals surface area contributed by atoms with E-state index < -0.39 is 44.8 Å². The number of rotatable bonds is 12. The van der Waals surface area contributed by atoms with Crippen molar-refractivity contribution >= 4 is 79.3 Å². The molecule has 27 heteroatoms. The summed E-state index contributed by atoms with van der Waals surface area (Å²) in [5.74, 6) is 0.121. The molecule has 0 saturated heterocycles. The second kappa shape index (κ2) is 39.8. The molecule has 9 aromatic carbocycles. The van der Waals surface area contributed by atoms with Crippen molar-refractivity contribution in [1.29, 1.82) is 0 Å². The minimum atomic E-state index is -1.11. The number of anilines is 8. The molecule has 0 radical (unpaired) electrons. The van der Waals surface area contributed by atoms with E-state index in [1.807, 2.05) is 78.9 Å². The third-order valence-electron chi connectivity index (χ3n) is 18.2. The lowest BCUT2D eigenvalue weighted by Gasteiger charge is -2.20. The van der Waals surface area contributed by atoms with Crippen LogP contribution in [0.5, 0.6) is 0 Å². The topological polar surface area (TPSA) is 461 Å². The highest BCUT2D eigenvalue weighted by Crippen LogP contribution is 2.37. The monoisotopic (exact) mass is 1690 g/mol. The quantitative estimate of drug-likeness (QED) is 0.0505. The molecule has 24 N–H and O–H groups in total. The largest absolute Gasteiger partial charge is 0.436 e. The Morgan fingerprint density at radius 1 is 0.279 bits per heavy atom. The van der Waals surface area contributed by atoms with E-state index in [9.17, 15) is 54.0 Å². The molecular weight excluding hydrogens is 1580 g/mol. The highest BCUT2D eigenvalue weighted by Gasteiger charge is 2.28. The van der Waals surface area contributed by atoms with Gasteiger partial charge in [0, 0.05) is 101 Å². The van der Waals surface area contributed by atoms with Crippen LogP contribution in [0, 0.1) is 17.5 Å². The van der Waals surface area contributed by atoms with Crippen LogP contribution in [0.15, 0.2) is 246 Å². The predicted octanol–water partition coefficient (Wildman–Crippen LogP) is 18.2. The molecule has 14 rings (SSSR count). The summed E-state index contributed by atoms with van der Waals surface area (Å²) < 4.78 is 49.9. The SMILES string of the molecule is CC(C)(O)c1cc(-c2ccc(F)cc2)ncc1N.CC(C)(O)c1cc(Cl)ccc1N.CC(C)(O)c1cc(F)ccc1N.CC(C)(O)c1cc2nc(-c3ccccc3)oc2cc1N.CC(C)(O)c1cc2oc(-c3ccccc3)nc2cc1N.CC(C)(O)c1ccccc1N.CC(C)(O)c1nc(-c2ccc(F)cc2)ccc1N.CC(C)(O)c1ncccc1N. The van der Waals surface area contributed by atoms with Crippen molar-refractivity contribution in [2.75, 3.05) is 45.9 Å². The van der Waals surface area contributed by atoms with Crippen molar-refractivity contribution in [3.8, 4) is 45.4 Å². The van der Waals surface area contributed by atoms with Gasteiger partial charge < -0.3 is 95.6 Å². The Morgan fingerprint density at radius 2 is 0.648 bits per heavy atom. The number of benzene rings is 9. The van der Waals surface area contributed by atoms with Gasteiger partial charge in [0.2, 0.25) is 11.8 Å². The molecule has 0 aliphatic heterocycles. The lowest BCUT2D eigenvalue weighted by molar-refractivity contribution is 0.0742. The average Bonchev–Trinajstić information content (AvgIpc) is 1.63. The fourth-order valence-corrected chi connectivity index (χ4v) is 12.2. The van der Waals surface area contributed by atoms with Crippen LogP contribution in [0.1, 0.15) is 156 Å². The number of hydrogen-bond acceptors (Lipinski definition) is 23. The van der Waals surface area contributed by atoms with Crippen LogP contribution >= 0.6 is 11.6 Å². The van der Waals surface area contributed by atoms with Gasteiger partial charge in [-0.3, -0.25) is 9.97 Å². The number of nitrogen functional groups attached to an aromatic ring is 8. The molecule has 0 spiro atoms. The Labute approximate surface area is 714 Å². The average molecular weight is 1690 g/mol. The second-order valence-corrected chi connectivity index (χ2v) is 33.3. The number of para-hydroxylation sites is 1. The summed E-state index contributed by atoms with van der Waals surface area (Å²) in [7, 11) is 0. The molecule has 0 unspecified atom stereocenters. The fraction of sp³-hybridized carbons (Fsp3) is 0.253. The first kappa shape index (κ1) is 96.7. The highest BCUT2D eigenvalue weighted by molar-refractivity contribution is 6.30. The number of halogens is 4. The van der Waals surface area contributed by atoms with Gasteiger partial charge in [0.05, 0.1) is 79.6 Å². The minimum Gasteiger partial charge on any atom is -0.436 e. The zero-order valence-electron chi connectivity index (χ0n) is 71.3. The lowest BCUT2D eigenvalue weighted by atomic mass is 9.96. The van der Waals surface area contributed by atoms with Crippen LogP contribution in [0.4, 0.5) is 58.7 Å². The summed E-state index contributed by atoms with van der Waals surface area (Å²) in [6.07, 6.45) is 3.12.